The maximum Gasteiger partial charge on any atom is 0.292 e. The molecule has 0 spiro atoms. The molecule has 21 heavy (non-hydrogen) atoms. The molecule has 0 aromatic heterocycles. The number of hydrogen-bond donors (Lipinski definition) is 0. The minimum absolute atomic E-state index is 0.521. The largest absolute Gasteiger partial charge is 0.388 e. The summed E-state index contributed by atoms with van der Waals surface area (Å²) in [7, 11) is 0. The van der Waals surface area contributed by atoms with Gasteiger partial charge in [-0.15, -0.1) is 10.5 Å². The van der Waals surface area contributed by atoms with E-state index in [1.807, 2.05) is 38.1 Å². The standard InChI is InChI=1S/C17H14N2O2/c1-12-3-5-16(20-10-18)14(7-12)9-15-8-13(2)4-6-17(15)21-11-19/h3-8H,9H2,1-2H3. The predicted molar refractivity (Wildman–Crippen MR) is 77.6 cm³/mol. The number of aryl methyl sites for hydroxylation is 2. The van der Waals surface area contributed by atoms with Crippen molar-refractivity contribution >= 4 is 0 Å². The Morgan fingerprint density at radius 3 is 1.62 bits per heavy atom. The molecule has 0 saturated heterocycles. The molecule has 2 aromatic rings. The Hall–Kier alpha value is -2.98. The molecule has 0 atom stereocenters. The van der Waals surface area contributed by atoms with E-state index in [0.29, 0.717) is 17.9 Å². The summed E-state index contributed by atoms with van der Waals surface area (Å²) in [5.74, 6) is 1.04. The van der Waals surface area contributed by atoms with Gasteiger partial charge in [0.15, 0.2) is 0 Å². The summed E-state index contributed by atoms with van der Waals surface area (Å²) < 4.78 is 9.99. The van der Waals surface area contributed by atoms with Crippen LogP contribution in [0.25, 0.3) is 0 Å². The minimum Gasteiger partial charge on any atom is -0.388 e. The second kappa shape index (κ2) is 6.45. The molecule has 0 aliphatic carbocycles. The normalized spacial score (nSPS) is 9.52. The summed E-state index contributed by atoms with van der Waals surface area (Å²) in [6.07, 6.45) is 3.92. The molecule has 2 rings (SSSR count). The summed E-state index contributed by atoms with van der Waals surface area (Å²) in [6, 6.07) is 11.2. The lowest BCUT2D eigenvalue weighted by molar-refractivity contribution is 0.494. The first-order chi connectivity index (χ1) is 10.1. The number of hydrogen-bond acceptors (Lipinski definition) is 4. The molecule has 0 fully saturated rings. The van der Waals surface area contributed by atoms with Crippen LogP contribution in [0.5, 0.6) is 11.5 Å². The van der Waals surface area contributed by atoms with Gasteiger partial charge in [0.1, 0.15) is 11.5 Å². The minimum atomic E-state index is 0.521. The summed E-state index contributed by atoms with van der Waals surface area (Å²) in [5, 5.41) is 17.4. The second-order valence-corrected chi connectivity index (χ2v) is 4.79. The highest BCUT2D eigenvalue weighted by Gasteiger charge is 2.10. The monoisotopic (exact) mass is 278 g/mol. The van der Waals surface area contributed by atoms with Crippen LogP contribution in [-0.2, 0) is 6.42 Å². The Morgan fingerprint density at radius 2 is 1.24 bits per heavy atom. The summed E-state index contributed by atoms with van der Waals surface area (Å²) in [5.41, 5.74) is 3.91. The average Bonchev–Trinajstić information content (AvgIpc) is 2.45. The number of nitriles is 2. The van der Waals surface area contributed by atoms with E-state index in [0.717, 1.165) is 22.3 Å². The van der Waals surface area contributed by atoms with E-state index >= 15 is 0 Å². The molecule has 0 unspecified atom stereocenters. The lowest BCUT2D eigenvalue weighted by atomic mass is 10.00. The van der Waals surface area contributed by atoms with Gasteiger partial charge < -0.3 is 9.47 Å². The fourth-order valence-corrected chi connectivity index (χ4v) is 2.20. The molecule has 2 aromatic carbocycles. The highest BCUT2D eigenvalue weighted by Crippen LogP contribution is 2.28. The SMILES string of the molecule is Cc1ccc(OC#N)c(Cc2cc(C)ccc2OC#N)c1. The van der Waals surface area contributed by atoms with E-state index in [1.165, 1.54) is 0 Å². The van der Waals surface area contributed by atoms with Crippen LogP contribution in [0, 0.1) is 36.9 Å². The lowest BCUT2D eigenvalue weighted by Gasteiger charge is -2.11. The van der Waals surface area contributed by atoms with Crippen molar-refractivity contribution in [2.45, 2.75) is 20.3 Å². The smallest absolute Gasteiger partial charge is 0.292 e. The number of rotatable bonds is 4. The molecular formula is C17H14N2O2. The molecule has 0 aliphatic rings. The number of ether oxygens (including phenoxy) is 2. The van der Waals surface area contributed by atoms with Gasteiger partial charge in [-0.05, 0) is 26.0 Å². The first-order valence-electron chi connectivity index (χ1n) is 6.45. The van der Waals surface area contributed by atoms with Crippen molar-refractivity contribution in [3.05, 3.63) is 58.7 Å². The van der Waals surface area contributed by atoms with Crippen molar-refractivity contribution in [1.82, 2.24) is 0 Å². The van der Waals surface area contributed by atoms with Crippen LogP contribution in [0.1, 0.15) is 22.3 Å². The molecule has 104 valence electrons. The van der Waals surface area contributed by atoms with Crippen molar-refractivity contribution in [1.29, 1.82) is 10.5 Å². The molecule has 0 heterocycles. The fraction of sp³-hybridized carbons (Fsp3) is 0.176. The number of nitrogens with zero attached hydrogens (tertiary/aromatic N) is 2. The van der Waals surface area contributed by atoms with Gasteiger partial charge in [-0.3, -0.25) is 0 Å². The second-order valence-electron chi connectivity index (χ2n) is 4.79. The summed E-state index contributed by atoms with van der Waals surface area (Å²) >= 11 is 0. The van der Waals surface area contributed by atoms with Crippen molar-refractivity contribution < 1.29 is 9.47 Å². The first kappa shape index (κ1) is 14.4. The Labute approximate surface area is 123 Å². The average molecular weight is 278 g/mol. The van der Waals surface area contributed by atoms with Crippen molar-refractivity contribution in [3.63, 3.8) is 0 Å². The third-order valence-corrected chi connectivity index (χ3v) is 3.12. The van der Waals surface area contributed by atoms with Gasteiger partial charge in [0.2, 0.25) is 0 Å². The van der Waals surface area contributed by atoms with Gasteiger partial charge >= 0.3 is 0 Å². The van der Waals surface area contributed by atoms with Crippen LogP contribution in [0.15, 0.2) is 36.4 Å². The Bertz CT molecular complexity index is 676. The van der Waals surface area contributed by atoms with Crippen LogP contribution >= 0.6 is 0 Å². The van der Waals surface area contributed by atoms with Crippen molar-refractivity contribution in [2.75, 3.05) is 0 Å². The highest BCUT2D eigenvalue weighted by molar-refractivity contribution is 5.45. The van der Waals surface area contributed by atoms with Gasteiger partial charge in [0.05, 0.1) is 0 Å². The Kier molecular flexibility index (Phi) is 4.43. The molecule has 0 aliphatic heterocycles. The van der Waals surface area contributed by atoms with E-state index in [4.69, 9.17) is 20.0 Å². The van der Waals surface area contributed by atoms with Crippen LogP contribution in [0.3, 0.4) is 0 Å². The Balaban J connectivity index is 2.42. The topological polar surface area (TPSA) is 66.0 Å². The zero-order valence-corrected chi connectivity index (χ0v) is 11.9. The predicted octanol–water partition coefficient (Wildman–Crippen LogP) is 3.61. The quantitative estimate of drug-likeness (QED) is 0.801. The molecule has 4 nitrogen and oxygen atoms in total. The number of benzene rings is 2. The van der Waals surface area contributed by atoms with Crippen molar-refractivity contribution in [2.24, 2.45) is 0 Å². The summed E-state index contributed by atoms with van der Waals surface area (Å²) in [6.45, 7) is 3.95. The van der Waals surface area contributed by atoms with Gasteiger partial charge in [0, 0.05) is 17.5 Å². The zero-order valence-electron chi connectivity index (χ0n) is 11.9. The lowest BCUT2D eigenvalue weighted by Crippen LogP contribution is -1.97. The van der Waals surface area contributed by atoms with E-state index in [9.17, 15) is 0 Å². The summed E-state index contributed by atoms with van der Waals surface area (Å²) in [4.78, 5) is 0. The Morgan fingerprint density at radius 1 is 0.810 bits per heavy atom. The fourth-order valence-electron chi connectivity index (χ4n) is 2.20. The van der Waals surface area contributed by atoms with Gasteiger partial charge in [-0.25, -0.2) is 0 Å². The van der Waals surface area contributed by atoms with Crippen LogP contribution in [0.4, 0.5) is 0 Å². The third kappa shape index (κ3) is 3.52. The molecule has 0 N–H and O–H groups in total. The molecular weight excluding hydrogens is 264 g/mol. The van der Waals surface area contributed by atoms with Crippen molar-refractivity contribution in [3.8, 4) is 24.0 Å². The van der Waals surface area contributed by atoms with Crippen LogP contribution in [-0.4, -0.2) is 0 Å². The van der Waals surface area contributed by atoms with Gasteiger partial charge in [-0.2, -0.15) is 0 Å². The highest BCUT2D eigenvalue weighted by atomic mass is 16.5. The molecule has 0 amide bonds. The third-order valence-electron chi connectivity index (χ3n) is 3.12. The van der Waals surface area contributed by atoms with Gasteiger partial charge in [0.25, 0.3) is 12.5 Å². The van der Waals surface area contributed by atoms with E-state index in [1.54, 1.807) is 24.6 Å². The first-order valence-corrected chi connectivity index (χ1v) is 6.45. The van der Waals surface area contributed by atoms with E-state index in [-0.39, 0.29) is 0 Å². The molecule has 4 heteroatoms. The molecule has 0 radical (unpaired) electrons. The maximum atomic E-state index is 8.72. The van der Waals surface area contributed by atoms with Crippen LogP contribution < -0.4 is 9.47 Å². The zero-order chi connectivity index (χ0) is 15.2. The van der Waals surface area contributed by atoms with E-state index in [2.05, 4.69) is 0 Å². The van der Waals surface area contributed by atoms with Gasteiger partial charge in [-0.1, -0.05) is 35.4 Å². The van der Waals surface area contributed by atoms with Crippen LogP contribution in [0.2, 0.25) is 0 Å². The molecule has 0 saturated carbocycles. The maximum absolute atomic E-state index is 8.72. The molecule has 0 bridgehead atoms. The van der Waals surface area contributed by atoms with E-state index < -0.39 is 0 Å².